The summed E-state index contributed by atoms with van der Waals surface area (Å²) in [5.74, 6) is -0.536. The highest BCUT2D eigenvalue weighted by molar-refractivity contribution is 6.13. The van der Waals surface area contributed by atoms with Gasteiger partial charge in [-0.3, -0.25) is 9.59 Å². The molecule has 5 nitrogen and oxygen atoms in total. The van der Waals surface area contributed by atoms with E-state index >= 15 is 0 Å². The summed E-state index contributed by atoms with van der Waals surface area (Å²) < 4.78 is 0. The van der Waals surface area contributed by atoms with Gasteiger partial charge in [-0.1, -0.05) is 66.7 Å². The molecule has 0 spiro atoms. The van der Waals surface area contributed by atoms with Crippen LogP contribution in [0.1, 0.15) is 26.3 Å². The molecule has 164 valence electrons. The fourth-order valence-corrected chi connectivity index (χ4v) is 3.91. The maximum atomic E-state index is 12.6. The van der Waals surface area contributed by atoms with E-state index in [-0.39, 0.29) is 11.8 Å². The molecule has 0 atom stereocenters. The number of amides is 2. The molecular formula is C29H21N3O2. The number of fused-ring (bicyclic) bond motifs is 2. The Balaban J connectivity index is 1.31. The first-order valence-corrected chi connectivity index (χ1v) is 10.9. The van der Waals surface area contributed by atoms with Gasteiger partial charge in [0, 0.05) is 22.4 Å². The minimum absolute atomic E-state index is 0.204. The van der Waals surface area contributed by atoms with Crippen molar-refractivity contribution in [3.8, 4) is 0 Å². The first-order chi connectivity index (χ1) is 16.7. The highest BCUT2D eigenvalue weighted by Gasteiger charge is 2.09. The van der Waals surface area contributed by atoms with Crippen LogP contribution in [0.4, 0.5) is 5.69 Å². The summed E-state index contributed by atoms with van der Waals surface area (Å²) in [6, 6.07) is 34.0. The normalized spacial score (nSPS) is 11.1. The fourth-order valence-electron chi connectivity index (χ4n) is 3.91. The van der Waals surface area contributed by atoms with Crippen LogP contribution in [0.2, 0.25) is 0 Å². The molecule has 0 heterocycles. The van der Waals surface area contributed by atoms with Gasteiger partial charge in [-0.25, -0.2) is 5.43 Å². The molecule has 5 rings (SSSR count). The van der Waals surface area contributed by atoms with Crippen molar-refractivity contribution in [2.45, 2.75) is 0 Å². The number of nitrogens with one attached hydrogen (secondary N) is 2. The van der Waals surface area contributed by atoms with Crippen molar-refractivity contribution < 1.29 is 9.59 Å². The van der Waals surface area contributed by atoms with Gasteiger partial charge in [0.2, 0.25) is 0 Å². The molecule has 0 saturated heterocycles. The van der Waals surface area contributed by atoms with E-state index in [2.05, 4.69) is 34.0 Å². The van der Waals surface area contributed by atoms with Crippen LogP contribution in [0.5, 0.6) is 0 Å². The third-order valence-corrected chi connectivity index (χ3v) is 5.61. The highest BCUT2D eigenvalue weighted by atomic mass is 16.2. The van der Waals surface area contributed by atoms with Gasteiger partial charge in [0.25, 0.3) is 11.8 Å². The molecule has 5 aromatic rings. The van der Waals surface area contributed by atoms with E-state index in [4.69, 9.17) is 0 Å². The van der Waals surface area contributed by atoms with Crippen LogP contribution in [-0.4, -0.2) is 18.0 Å². The van der Waals surface area contributed by atoms with E-state index in [9.17, 15) is 9.59 Å². The van der Waals surface area contributed by atoms with Crippen LogP contribution >= 0.6 is 0 Å². The van der Waals surface area contributed by atoms with E-state index in [1.165, 1.54) is 0 Å². The highest BCUT2D eigenvalue weighted by Crippen LogP contribution is 2.27. The predicted octanol–water partition coefficient (Wildman–Crippen LogP) is 6.01. The molecule has 5 heteroatoms. The van der Waals surface area contributed by atoms with Gasteiger partial charge in [-0.05, 0) is 64.0 Å². The quantitative estimate of drug-likeness (QED) is 0.198. The third-order valence-electron chi connectivity index (χ3n) is 5.61. The van der Waals surface area contributed by atoms with Gasteiger partial charge >= 0.3 is 0 Å². The molecular weight excluding hydrogens is 422 g/mol. The Kier molecular flexibility index (Phi) is 5.82. The Morgan fingerprint density at radius 3 is 1.82 bits per heavy atom. The second-order valence-corrected chi connectivity index (χ2v) is 7.83. The average Bonchev–Trinajstić information content (AvgIpc) is 2.89. The van der Waals surface area contributed by atoms with Gasteiger partial charge in [0.05, 0.1) is 6.21 Å². The maximum Gasteiger partial charge on any atom is 0.271 e. The smallest absolute Gasteiger partial charge is 0.271 e. The molecule has 5 aromatic carbocycles. The predicted molar refractivity (Wildman–Crippen MR) is 137 cm³/mol. The minimum atomic E-state index is -0.332. The second kappa shape index (κ2) is 9.38. The SMILES string of the molecule is O=C(N/N=C/c1c2ccccc2cc2ccccc12)c1ccc(NC(=O)c2ccccc2)cc1. The molecule has 2 amide bonds. The molecule has 0 fully saturated rings. The monoisotopic (exact) mass is 443 g/mol. The van der Waals surface area contributed by atoms with E-state index in [0.717, 1.165) is 27.1 Å². The van der Waals surface area contributed by atoms with Gasteiger partial charge in [0.15, 0.2) is 0 Å². The summed E-state index contributed by atoms with van der Waals surface area (Å²) in [6.45, 7) is 0. The van der Waals surface area contributed by atoms with E-state index in [1.807, 2.05) is 54.6 Å². The Hall–Kier alpha value is -4.77. The van der Waals surface area contributed by atoms with Crippen LogP contribution in [0.3, 0.4) is 0 Å². The number of rotatable bonds is 5. The van der Waals surface area contributed by atoms with E-state index in [0.29, 0.717) is 16.8 Å². The number of hydrogen-bond donors (Lipinski definition) is 2. The van der Waals surface area contributed by atoms with Crippen LogP contribution in [-0.2, 0) is 0 Å². The Labute approximate surface area is 196 Å². The molecule has 0 unspecified atom stereocenters. The number of hydrogen-bond acceptors (Lipinski definition) is 3. The lowest BCUT2D eigenvalue weighted by Gasteiger charge is -2.08. The van der Waals surface area contributed by atoms with Crippen molar-refractivity contribution in [1.82, 2.24) is 5.43 Å². The van der Waals surface area contributed by atoms with Gasteiger partial charge in [0.1, 0.15) is 0 Å². The average molecular weight is 444 g/mol. The summed E-state index contributed by atoms with van der Waals surface area (Å²) in [6.07, 6.45) is 1.69. The molecule has 34 heavy (non-hydrogen) atoms. The number of benzene rings is 5. The zero-order valence-electron chi connectivity index (χ0n) is 18.2. The molecule has 0 aliphatic carbocycles. The summed E-state index contributed by atoms with van der Waals surface area (Å²) in [5, 5.41) is 11.4. The summed E-state index contributed by atoms with van der Waals surface area (Å²) >= 11 is 0. The van der Waals surface area contributed by atoms with Crippen molar-refractivity contribution in [1.29, 1.82) is 0 Å². The third kappa shape index (κ3) is 4.40. The molecule has 0 aromatic heterocycles. The van der Waals surface area contributed by atoms with Crippen LogP contribution in [0.25, 0.3) is 21.5 Å². The molecule has 0 aliphatic rings. The lowest BCUT2D eigenvalue weighted by molar-refractivity contribution is 0.0954. The fraction of sp³-hybridized carbons (Fsp3) is 0. The number of hydrazone groups is 1. The van der Waals surface area contributed by atoms with E-state index < -0.39 is 0 Å². The molecule has 0 aliphatic heterocycles. The van der Waals surface area contributed by atoms with Crippen LogP contribution in [0.15, 0.2) is 114 Å². The van der Waals surface area contributed by atoms with Gasteiger partial charge in [-0.15, -0.1) is 0 Å². The van der Waals surface area contributed by atoms with Crippen molar-refractivity contribution in [2.24, 2.45) is 5.10 Å². The number of anilines is 1. The number of carbonyl (C=O) groups excluding carboxylic acids is 2. The van der Waals surface area contributed by atoms with Gasteiger partial charge < -0.3 is 5.32 Å². The largest absolute Gasteiger partial charge is 0.322 e. The first kappa shape index (κ1) is 21.1. The van der Waals surface area contributed by atoms with Crippen molar-refractivity contribution >= 4 is 45.3 Å². The Morgan fingerprint density at radius 1 is 0.618 bits per heavy atom. The Morgan fingerprint density at radius 2 is 1.18 bits per heavy atom. The first-order valence-electron chi connectivity index (χ1n) is 10.9. The van der Waals surface area contributed by atoms with Crippen molar-refractivity contribution in [2.75, 3.05) is 5.32 Å². The summed E-state index contributed by atoms with van der Waals surface area (Å²) in [5.41, 5.74) is 5.18. The van der Waals surface area contributed by atoms with Crippen molar-refractivity contribution in [3.05, 3.63) is 126 Å². The zero-order chi connectivity index (χ0) is 23.3. The lowest BCUT2D eigenvalue weighted by Crippen LogP contribution is -2.18. The summed E-state index contributed by atoms with van der Waals surface area (Å²) in [7, 11) is 0. The zero-order valence-corrected chi connectivity index (χ0v) is 18.2. The minimum Gasteiger partial charge on any atom is -0.322 e. The maximum absolute atomic E-state index is 12.6. The topological polar surface area (TPSA) is 70.6 Å². The summed E-state index contributed by atoms with van der Waals surface area (Å²) in [4.78, 5) is 24.9. The van der Waals surface area contributed by atoms with E-state index in [1.54, 1.807) is 42.6 Å². The lowest BCUT2D eigenvalue weighted by atomic mass is 9.97. The van der Waals surface area contributed by atoms with Crippen LogP contribution < -0.4 is 10.7 Å². The Bertz CT molecular complexity index is 1470. The second-order valence-electron chi connectivity index (χ2n) is 7.83. The molecule has 0 saturated carbocycles. The van der Waals surface area contributed by atoms with Crippen molar-refractivity contribution in [3.63, 3.8) is 0 Å². The number of carbonyl (C=O) groups is 2. The van der Waals surface area contributed by atoms with Crippen LogP contribution in [0, 0.1) is 0 Å². The number of nitrogens with zero attached hydrogens (tertiary/aromatic N) is 1. The molecule has 0 radical (unpaired) electrons. The molecule has 2 N–H and O–H groups in total. The standard InChI is InChI=1S/C29H21N3O2/c33-28(20-8-2-1-3-9-20)31-24-16-14-21(15-17-24)29(34)32-30-19-27-25-12-6-4-10-22(25)18-23-11-5-7-13-26(23)27/h1-19H,(H,31,33)(H,32,34)/b30-19+. The molecule has 0 bridgehead atoms. The van der Waals surface area contributed by atoms with Gasteiger partial charge in [-0.2, -0.15) is 5.10 Å².